The van der Waals surface area contributed by atoms with Crippen molar-refractivity contribution in [2.24, 2.45) is 5.41 Å². The zero-order valence-corrected chi connectivity index (χ0v) is 10.3. The Labute approximate surface area is 110 Å². The van der Waals surface area contributed by atoms with Gasteiger partial charge < -0.3 is 24.6 Å². The minimum Gasteiger partial charge on any atom is -0.454 e. The van der Waals surface area contributed by atoms with Crippen LogP contribution in [0.5, 0.6) is 11.5 Å². The molecule has 2 N–H and O–H groups in total. The number of carbonyl (C=O) groups excluding carboxylic acids is 1. The van der Waals surface area contributed by atoms with Crippen LogP contribution in [0.25, 0.3) is 0 Å². The van der Waals surface area contributed by atoms with E-state index in [1.54, 1.807) is 0 Å². The first-order chi connectivity index (χ1) is 9.23. The minimum atomic E-state index is -0.768. The molecule has 0 atom stereocenters. The zero-order chi connectivity index (χ0) is 13.3. The summed E-state index contributed by atoms with van der Waals surface area (Å²) in [5.41, 5.74) is 0.155. The van der Waals surface area contributed by atoms with Crippen molar-refractivity contribution < 1.29 is 24.1 Å². The van der Waals surface area contributed by atoms with Gasteiger partial charge in [-0.05, 0) is 17.7 Å². The van der Waals surface area contributed by atoms with Gasteiger partial charge in [0.2, 0.25) is 12.7 Å². The number of hydrogen-bond donors (Lipinski definition) is 2. The highest BCUT2D eigenvalue weighted by atomic mass is 16.7. The van der Waals surface area contributed by atoms with Crippen molar-refractivity contribution in [1.29, 1.82) is 0 Å². The van der Waals surface area contributed by atoms with Crippen molar-refractivity contribution in [2.45, 2.75) is 6.54 Å². The van der Waals surface area contributed by atoms with Gasteiger partial charge in [-0.15, -0.1) is 0 Å². The Hall–Kier alpha value is -1.79. The van der Waals surface area contributed by atoms with Crippen LogP contribution in [0.15, 0.2) is 18.2 Å². The topological polar surface area (TPSA) is 77.0 Å². The first-order valence-corrected chi connectivity index (χ1v) is 6.09. The van der Waals surface area contributed by atoms with Crippen LogP contribution < -0.4 is 14.8 Å². The molecule has 0 bridgehead atoms. The van der Waals surface area contributed by atoms with Crippen molar-refractivity contribution >= 4 is 5.91 Å². The third-order valence-corrected chi connectivity index (χ3v) is 3.43. The number of ether oxygens (including phenoxy) is 3. The van der Waals surface area contributed by atoms with E-state index in [4.69, 9.17) is 14.2 Å². The quantitative estimate of drug-likeness (QED) is 0.804. The normalized spacial score (nSPS) is 18.8. The molecule has 0 aromatic heterocycles. The van der Waals surface area contributed by atoms with Crippen LogP contribution in [0.4, 0.5) is 0 Å². The number of carbonyl (C=O) groups is 1. The Morgan fingerprint density at radius 1 is 1.32 bits per heavy atom. The molecule has 1 fully saturated rings. The lowest BCUT2D eigenvalue weighted by molar-refractivity contribution is -0.170. The molecule has 0 unspecified atom stereocenters. The molecular weight excluding hydrogens is 250 g/mol. The standard InChI is InChI=1S/C13H15NO5/c15-5-13(6-17-7-13)12(16)14-4-9-1-2-10-11(3-9)19-8-18-10/h1-3,15H,4-8H2,(H,14,16). The van der Waals surface area contributed by atoms with Crippen LogP contribution in [0.1, 0.15) is 5.56 Å². The van der Waals surface area contributed by atoms with Gasteiger partial charge in [0.15, 0.2) is 11.5 Å². The van der Waals surface area contributed by atoms with Crippen LogP contribution in [0, 0.1) is 5.41 Å². The lowest BCUT2D eigenvalue weighted by atomic mass is 9.86. The van der Waals surface area contributed by atoms with Crippen LogP contribution in [0.2, 0.25) is 0 Å². The summed E-state index contributed by atoms with van der Waals surface area (Å²) in [6.45, 7) is 0.972. The Morgan fingerprint density at radius 3 is 2.79 bits per heavy atom. The summed E-state index contributed by atoms with van der Waals surface area (Å²) in [5, 5.41) is 12.1. The Morgan fingerprint density at radius 2 is 2.11 bits per heavy atom. The van der Waals surface area contributed by atoms with Crippen molar-refractivity contribution in [3.8, 4) is 11.5 Å². The number of nitrogens with one attached hydrogen (secondary N) is 1. The first kappa shape index (κ1) is 12.3. The highest BCUT2D eigenvalue weighted by Gasteiger charge is 2.45. The number of aliphatic hydroxyl groups is 1. The van der Waals surface area contributed by atoms with Gasteiger partial charge in [0.1, 0.15) is 5.41 Å². The highest BCUT2D eigenvalue weighted by Crippen LogP contribution is 2.32. The van der Waals surface area contributed by atoms with Gasteiger partial charge >= 0.3 is 0 Å². The zero-order valence-electron chi connectivity index (χ0n) is 10.3. The number of hydrogen-bond acceptors (Lipinski definition) is 5. The Balaban J connectivity index is 1.62. The first-order valence-electron chi connectivity index (χ1n) is 6.09. The van der Waals surface area contributed by atoms with E-state index >= 15 is 0 Å². The molecule has 2 heterocycles. The maximum atomic E-state index is 12.0. The van der Waals surface area contributed by atoms with E-state index in [1.807, 2.05) is 18.2 Å². The molecule has 6 nitrogen and oxygen atoms in total. The fourth-order valence-corrected chi connectivity index (χ4v) is 2.06. The van der Waals surface area contributed by atoms with Crippen LogP contribution in [-0.4, -0.2) is 37.6 Å². The molecule has 102 valence electrons. The summed E-state index contributed by atoms with van der Waals surface area (Å²) in [6, 6.07) is 5.53. The van der Waals surface area contributed by atoms with E-state index in [1.165, 1.54) is 0 Å². The maximum Gasteiger partial charge on any atom is 0.233 e. The number of rotatable bonds is 4. The predicted molar refractivity (Wildman–Crippen MR) is 64.7 cm³/mol. The maximum absolute atomic E-state index is 12.0. The summed E-state index contributed by atoms with van der Waals surface area (Å²) in [5.74, 6) is 1.23. The number of fused-ring (bicyclic) bond motifs is 1. The van der Waals surface area contributed by atoms with Crippen LogP contribution in [-0.2, 0) is 16.1 Å². The Kier molecular flexibility index (Phi) is 3.04. The molecule has 1 aromatic carbocycles. The van der Waals surface area contributed by atoms with Gasteiger partial charge in [0.05, 0.1) is 19.8 Å². The molecule has 2 aliphatic heterocycles. The number of aliphatic hydroxyl groups excluding tert-OH is 1. The molecule has 0 saturated carbocycles. The van der Waals surface area contributed by atoms with Gasteiger partial charge in [0.25, 0.3) is 0 Å². The molecule has 0 spiro atoms. The fourth-order valence-electron chi connectivity index (χ4n) is 2.06. The molecule has 0 radical (unpaired) electrons. The van der Waals surface area contributed by atoms with E-state index in [9.17, 15) is 9.90 Å². The lowest BCUT2D eigenvalue weighted by Gasteiger charge is -2.38. The lowest BCUT2D eigenvalue weighted by Crippen LogP contribution is -2.56. The second kappa shape index (κ2) is 4.71. The molecule has 3 rings (SSSR count). The number of amides is 1. The van der Waals surface area contributed by atoms with E-state index < -0.39 is 5.41 Å². The van der Waals surface area contributed by atoms with Gasteiger partial charge in [0, 0.05) is 6.54 Å². The smallest absolute Gasteiger partial charge is 0.233 e. The molecular formula is C13H15NO5. The predicted octanol–water partition coefficient (Wildman–Crippen LogP) is 0.0404. The molecule has 19 heavy (non-hydrogen) atoms. The SMILES string of the molecule is O=C(NCc1ccc2c(c1)OCO2)C1(CO)COC1. The molecule has 2 aliphatic rings. The van der Waals surface area contributed by atoms with Crippen molar-refractivity contribution in [1.82, 2.24) is 5.32 Å². The molecule has 0 aliphatic carbocycles. The van der Waals surface area contributed by atoms with Crippen LogP contribution >= 0.6 is 0 Å². The van der Waals surface area contributed by atoms with E-state index in [0.29, 0.717) is 18.0 Å². The summed E-state index contributed by atoms with van der Waals surface area (Å²) >= 11 is 0. The van der Waals surface area contributed by atoms with Crippen molar-refractivity contribution in [3.05, 3.63) is 23.8 Å². The third-order valence-electron chi connectivity index (χ3n) is 3.43. The van der Waals surface area contributed by atoms with Crippen LogP contribution in [0.3, 0.4) is 0 Å². The monoisotopic (exact) mass is 265 g/mol. The summed E-state index contributed by atoms with van der Waals surface area (Å²) in [6.07, 6.45) is 0. The fraction of sp³-hybridized carbons (Fsp3) is 0.462. The van der Waals surface area contributed by atoms with Gasteiger partial charge in [-0.25, -0.2) is 0 Å². The van der Waals surface area contributed by atoms with E-state index in [-0.39, 0.29) is 32.5 Å². The molecule has 1 amide bonds. The number of benzene rings is 1. The summed E-state index contributed by atoms with van der Waals surface area (Å²) in [7, 11) is 0. The van der Waals surface area contributed by atoms with Gasteiger partial charge in [-0.2, -0.15) is 0 Å². The Bertz CT molecular complexity index is 492. The summed E-state index contributed by atoms with van der Waals surface area (Å²) in [4.78, 5) is 12.0. The average Bonchev–Trinajstić information content (AvgIpc) is 2.83. The second-order valence-electron chi connectivity index (χ2n) is 4.80. The minimum absolute atomic E-state index is 0.182. The molecule has 6 heteroatoms. The molecule has 1 aromatic rings. The van der Waals surface area contributed by atoms with E-state index in [0.717, 1.165) is 5.56 Å². The van der Waals surface area contributed by atoms with Gasteiger partial charge in [-0.3, -0.25) is 4.79 Å². The van der Waals surface area contributed by atoms with Crippen molar-refractivity contribution in [2.75, 3.05) is 26.6 Å². The highest BCUT2D eigenvalue weighted by molar-refractivity contribution is 5.83. The van der Waals surface area contributed by atoms with Gasteiger partial charge in [-0.1, -0.05) is 6.07 Å². The third kappa shape index (κ3) is 2.13. The van der Waals surface area contributed by atoms with Crippen molar-refractivity contribution in [3.63, 3.8) is 0 Å². The summed E-state index contributed by atoms with van der Waals surface area (Å²) < 4.78 is 15.5. The molecule has 1 saturated heterocycles. The largest absolute Gasteiger partial charge is 0.454 e. The average molecular weight is 265 g/mol. The van der Waals surface area contributed by atoms with E-state index in [2.05, 4.69) is 5.32 Å². The second-order valence-corrected chi connectivity index (χ2v) is 4.80.